The van der Waals surface area contributed by atoms with Gasteiger partial charge >= 0.3 is 0 Å². The van der Waals surface area contributed by atoms with Crippen LogP contribution in [0.2, 0.25) is 5.02 Å². The maximum Gasteiger partial charge on any atom is 0.183 e. The summed E-state index contributed by atoms with van der Waals surface area (Å²) in [6, 6.07) is 6.63. The van der Waals surface area contributed by atoms with Crippen molar-refractivity contribution in [1.29, 1.82) is 5.26 Å². The summed E-state index contributed by atoms with van der Waals surface area (Å²) in [4.78, 5) is 1.69. The van der Waals surface area contributed by atoms with Crippen LogP contribution < -0.4 is 11.2 Å². The van der Waals surface area contributed by atoms with Crippen molar-refractivity contribution in [2.24, 2.45) is 5.73 Å². The second-order valence-corrected chi connectivity index (χ2v) is 5.30. The predicted octanol–water partition coefficient (Wildman–Crippen LogP) is 2.22. The number of allylic oxidation sites excluding steroid dienone is 1. The third-order valence-corrected chi connectivity index (χ3v) is 3.44. The number of nitrogens with zero attached hydrogens (tertiary/aromatic N) is 3. The highest BCUT2D eigenvalue weighted by molar-refractivity contribution is 7.80. The molecular weight excluding hydrogens is 325 g/mol. The Morgan fingerprint density at radius 1 is 1.45 bits per heavy atom. The summed E-state index contributed by atoms with van der Waals surface area (Å²) < 4.78 is 13.7. The van der Waals surface area contributed by atoms with E-state index < -0.39 is 0 Å². The highest BCUT2D eigenvalue weighted by atomic mass is 35.5. The van der Waals surface area contributed by atoms with Crippen LogP contribution in [-0.2, 0) is 6.42 Å². The van der Waals surface area contributed by atoms with Crippen molar-refractivity contribution in [3.63, 3.8) is 0 Å². The van der Waals surface area contributed by atoms with Crippen LogP contribution in [0.4, 0.5) is 4.39 Å². The van der Waals surface area contributed by atoms with Crippen LogP contribution in [0.15, 0.2) is 42.5 Å². The van der Waals surface area contributed by atoms with E-state index in [0.717, 1.165) is 0 Å². The summed E-state index contributed by atoms with van der Waals surface area (Å²) in [5, 5.41) is 11.1. The molecule has 5 nitrogen and oxygen atoms in total. The molecule has 0 atom stereocenters. The van der Waals surface area contributed by atoms with Crippen molar-refractivity contribution < 1.29 is 4.39 Å². The minimum absolute atomic E-state index is 0.0878. The molecule has 0 spiro atoms. The number of benzene rings is 1. The molecule has 1 aliphatic heterocycles. The van der Waals surface area contributed by atoms with Gasteiger partial charge in [0.25, 0.3) is 0 Å². The number of nitriles is 1. The molecule has 22 heavy (non-hydrogen) atoms. The van der Waals surface area contributed by atoms with E-state index in [4.69, 9.17) is 29.6 Å². The van der Waals surface area contributed by atoms with E-state index in [1.54, 1.807) is 35.6 Å². The maximum absolute atomic E-state index is 13.7. The van der Waals surface area contributed by atoms with Gasteiger partial charge in [-0.1, -0.05) is 17.7 Å². The van der Waals surface area contributed by atoms with E-state index in [0.29, 0.717) is 29.2 Å². The molecule has 1 heterocycles. The third kappa shape index (κ3) is 3.87. The van der Waals surface area contributed by atoms with Crippen LogP contribution >= 0.6 is 23.8 Å². The number of hydrogen-bond donors (Lipinski definition) is 2. The number of thiocarbonyl (C=S) groups is 1. The monoisotopic (exact) mass is 337 g/mol. The predicted molar refractivity (Wildman–Crippen MR) is 86.4 cm³/mol. The number of rotatable bonds is 4. The lowest BCUT2D eigenvalue weighted by Gasteiger charge is -2.28. The van der Waals surface area contributed by atoms with Crippen LogP contribution in [0, 0.1) is 17.1 Å². The highest BCUT2D eigenvalue weighted by Gasteiger charge is 2.15. The average Bonchev–Trinajstić information content (AvgIpc) is 2.47. The van der Waals surface area contributed by atoms with Gasteiger partial charge in [-0.15, -0.1) is 0 Å². The molecule has 3 N–H and O–H groups in total. The molecule has 0 amide bonds. The number of halogens is 2. The summed E-state index contributed by atoms with van der Waals surface area (Å²) in [7, 11) is 0. The second-order valence-electron chi connectivity index (χ2n) is 4.45. The normalized spacial score (nSPS) is 13.6. The molecular formula is C14H13ClFN5S. The minimum Gasteiger partial charge on any atom is -0.375 e. The molecule has 114 valence electrons. The van der Waals surface area contributed by atoms with Gasteiger partial charge in [-0.05, 0) is 30.8 Å². The zero-order valence-electron chi connectivity index (χ0n) is 11.5. The minimum atomic E-state index is -0.354. The van der Waals surface area contributed by atoms with Crippen molar-refractivity contribution in [2.75, 3.05) is 6.54 Å². The molecule has 0 bridgehead atoms. The molecule has 0 unspecified atom stereocenters. The van der Waals surface area contributed by atoms with Gasteiger partial charge in [0.15, 0.2) is 5.11 Å². The van der Waals surface area contributed by atoms with Gasteiger partial charge in [0.1, 0.15) is 17.6 Å². The van der Waals surface area contributed by atoms with Gasteiger partial charge in [-0.3, -0.25) is 10.4 Å². The topological polar surface area (TPSA) is 68.3 Å². The summed E-state index contributed by atoms with van der Waals surface area (Å²) >= 11 is 10.7. The van der Waals surface area contributed by atoms with E-state index in [2.05, 4.69) is 11.5 Å². The maximum atomic E-state index is 13.7. The smallest absolute Gasteiger partial charge is 0.183 e. The second kappa shape index (κ2) is 7.11. The van der Waals surface area contributed by atoms with Crippen LogP contribution in [0.5, 0.6) is 0 Å². The largest absolute Gasteiger partial charge is 0.375 e. The number of nitrogens with two attached hydrogens (primary N) is 1. The van der Waals surface area contributed by atoms with Crippen LogP contribution in [-0.4, -0.2) is 21.6 Å². The Hall–Kier alpha value is -2.30. The first-order chi connectivity index (χ1) is 10.5. The Balaban J connectivity index is 2.06. The summed E-state index contributed by atoms with van der Waals surface area (Å²) in [5.74, 6) is -0.354. The lowest BCUT2D eigenvalue weighted by Crippen LogP contribution is -2.41. The number of hydrogen-bond acceptors (Lipinski definition) is 4. The van der Waals surface area contributed by atoms with E-state index in [1.807, 2.05) is 0 Å². The Labute approximate surface area is 138 Å². The molecule has 1 aliphatic rings. The van der Waals surface area contributed by atoms with Crippen LogP contribution in [0.25, 0.3) is 0 Å². The Morgan fingerprint density at radius 2 is 2.23 bits per heavy atom. The summed E-state index contributed by atoms with van der Waals surface area (Å²) in [6.45, 7) is 0.414. The van der Waals surface area contributed by atoms with Crippen molar-refractivity contribution >= 4 is 28.9 Å². The fourth-order valence-corrected chi connectivity index (χ4v) is 2.33. The van der Waals surface area contributed by atoms with Gasteiger partial charge in [-0.2, -0.15) is 5.26 Å². The van der Waals surface area contributed by atoms with E-state index in [-0.39, 0.29) is 10.9 Å². The SMILES string of the molecule is N#CC1=CN(NC(N)=S)C=CN1CCc1c(F)cccc1Cl. The van der Waals surface area contributed by atoms with E-state index in [9.17, 15) is 9.65 Å². The molecule has 1 aromatic carbocycles. The first-order valence-electron chi connectivity index (χ1n) is 6.35. The first kappa shape index (κ1) is 16.1. The quantitative estimate of drug-likeness (QED) is 0.821. The molecule has 0 fully saturated rings. The third-order valence-electron chi connectivity index (χ3n) is 3.00. The Bertz CT molecular complexity index is 662. The zero-order chi connectivity index (χ0) is 16.1. The van der Waals surface area contributed by atoms with Gasteiger partial charge in [0.05, 0.1) is 6.20 Å². The fourth-order valence-electron chi connectivity index (χ4n) is 1.97. The molecule has 8 heteroatoms. The first-order valence-corrected chi connectivity index (χ1v) is 7.14. The van der Waals surface area contributed by atoms with Crippen LogP contribution in [0.3, 0.4) is 0 Å². The molecule has 2 rings (SSSR count). The standard InChI is InChI=1S/C14H13ClFN5S/c15-12-2-1-3-13(16)11(12)4-5-20-6-7-21(19-14(18)22)9-10(20)8-17/h1-3,6-7,9H,4-5H2,(H3,18,19,22). The number of hydrazine groups is 1. The Kier molecular flexibility index (Phi) is 5.20. The lowest BCUT2D eigenvalue weighted by atomic mass is 10.1. The van der Waals surface area contributed by atoms with E-state index in [1.165, 1.54) is 11.1 Å². The van der Waals surface area contributed by atoms with Crippen molar-refractivity contribution in [1.82, 2.24) is 15.3 Å². The molecule has 0 radical (unpaired) electrons. The van der Waals surface area contributed by atoms with Gasteiger partial charge < -0.3 is 10.6 Å². The van der Waals surface area contributed by atoms with Crippen LogP contribution in [0.1, 0.15) is 5.56 Å². The molecule has 1 aromatic rings. The molecule has 0 aromatic heterocycles. The average molecular weight is 338 g/mol. The van der Waals surface area contributed by atoms with Crippen molar-refractivity contribution in [3.05, 3.63) is 58.9 Å². The number of nitrogens with one attached hydrogen (secondary N) is 1. The Morgan fingerprint density at radius 3 is 2.86 bits per heavy atom. The molecule has 0 aliphatic carbocycles. The highest BCUT2D eigenvalue weighted by Crippen LogP contribution is 2.21. The van der Waals surface area contributed by atoms with Gasteiger partial charge in [-0.25, -0.2) is 4.39 Å². The lowest BCUT2D eigenvalue weighted by molar-refractivity contribution is 0.380. The van der Waals surface area contributed by atoms with Gasteiger partial charge in [0.2, 0.25) is 0 Å². The molecule has 0 saturated heterocycles. The molecule has 0 saturated carbocycles. The summed E-state index contributed by atoms with van der Waals surface area (Å²) in [6.07, 6.45) is 5.25. The fraction of sp³-hybridized carbons (Fsp3) is 0.143. The van der Waals surface area contributed by atoms with Gasteiger partial charge in [0, 0.05) is 29.5 Å². The summed E-state index contributed by atoms with van der Waals surface area (Å²) in [5.41, 5.74) is 8.86. The van der Waals surface area contributed by atoms with Crippen molar-refractivity contribution in [3.8, 4) is 6.07 Å². The zero-order valence-corrected chi connectivity index (χ0v) is 13.0. The van der Waals surface area contributed by atoms with E-state index >= 15 is 0 Å². The van der Waals surface area contributed by atoms with Crippen molar-refractivity contribution in [2.45, 2.75) is 6.42 Å².